The summed E-state index contributed by atoms with van der Waals surface area (Å²) in [4.78, 5) is 14.6. The largest absolute Gasteiger partial charge is 0.342 e. The molecule has 108 valence electrons. The number of likely N-dealkylation sites (tertiary alicyclic amines) is 1. The second-order valence-corrected chi connectivity index (χ2v) is 6.66. The third kappa shape index (κ3) is 2.58. The third-order valence-electron chi connectivity index (χ3n) is 4.59. The van der Waals surface area contributed by atoms with Crippen LogP contribution in [0.5, 0.6) is 0 Å². The van der Waals surface area contributed by atoms with Gasteiger partial charge in [0, 0.05) is 19.0 Å². The maximum absolute atomic E-state index is 13.8. The minimum Gasteiger partial charge on any atom is -0.342 e. The SMILES string of the molecule is CC1CC(C)CN(C(=O)C2CC2c2ccccc2F)C1. The molecule has 1 aliphatic carbocycles. The lowest BCUT2D eigenvalue weighted by molar-refractivity contribution is -0.135. The molecule has 1 aliphatic heterocycles. The summed E-state index contributed by atoms with van der Waals surface area (Å²) in [6.45, 7) is 6.14. The van der Waals surface area contributed by atoms with Crippen molar-refractivity contribution >= 4 is 5.91 Å². The van der Waals surface area contributed by atoms with Gasteiger partial charge in [-0.3, -0.25) is 4.79 Å². The molecule has 20 heavy (non-hydrogen) atoms. The van der Waals surface area contributed by atoms with Crippen LogP contribution >= 0.6 is 0 Å². The van der Waals surface area contributed by atoms with Gasteiger partial charge in [0.2, 0.25) is 5.91 Å². The number of amides is 1. The number of nitrogens with zero attached hydrogens (tertiary/aromatic N) is 1. The summed E-state index contributed by atoms with van der Waals surface area (Å²) in [6, 6.07) is 6.85. The maximum Gasteiger partial charge on any atom is 0.226 e. The van der Waals surface area contributed by atoms with Gasteiger partial charge >= 0.3 is 0 Å². The quantitative estimate of drug-likeness (QED) is 0.809. The summed E-state index contributed by atoms with van der Waals surface area (Å²) < 4.78 is 13.8. The predicted octanol–water partition coefficient (Wildman–Crippen LogP) is 3.43. The van der Waals surface area contributed by atoms with Gasteiger partial charge in [0.05, 0.1) is 0 Å². The maximum atomic E-state index is 13.8. The molecule has 2 aliphatic rings. The lowest BCUT2D eigenvalue weighted by atomic mass is 9.91. The summed E-state index contributed by atoms with van der Waals surface area (Å²) >= 11 is 0. The minimum atomic E-state index is -0.173. The van der Waals surface area contributed by atoms with E-state index >= 15 is 0 Å². The Kier molecular flexibility index (Phi) is 3.53. The molecule has 1 saturated carbocycles. The highest BCUT2D eigenvalue weighted by atomic mass is 19.1. The van der Waals surface area contributed by atoms with Gasteiger partial charge in [-0.15, -0.1) is 0 Å². The van der Waals surface area contributed by atoms with Crippen LogP contribution in [0.15, 0.2) is 24.3 Å². The molecule has 3 heteroatoms. The van der Waals surface area contributed by atoms with Gasteiger partial charge in [-0.2, -0.15) is 0 Å². The lowest BCUT2D eigenvalue weighted by Crippen LogP contribution is -2.43. The molecule has 3 rings (SSSR count). The molecule has 0 bridgehead atoms. The average Bonchev–Trinajstić information content (AvgIpc) is 3.17. The summed E-state index contributed by atoms with van der Waals surface area (Å²) in [7, 11) is 0. The van der Waals surface area contributed by atoms with Crippen molar-refractivity contribution in [3.63, 3.8) is 0 Å². The first kappa shape index (κ1) is 13.6. The topological polar surface area (TPSA) is 20.3 Å². The zero-order chi connectivity index (χ0) is 14.3. The van der Waals surface area contributed by atoms with Gasteiger partial charge in [-0.25, -0.2) is 4.39 Å². The first-order chi connectivity index (χ1) is 9.56. The average molecular weight is 275 g/mol. The number of carbonyl (C=O) groups is 1. The van der Waals surface area contributed by atoms with Gasteiger partial charge in [0.1, 0.15) is 5.82 Å². The van der Waals surface area contributed by atoms with Crippen molar-refractivity contribution in [2.75, 3.05) is 13.1 Å². The van der Waals surface area contributed by atoms with Crippen LogP contribution in [0.2, 0.25) is 0 Å². The molecular weight excluding hydrogens is 253 g/mol. The summed E-state index contributed by atoms with van der Waals surface area (Å²) in [5.41, 5.74) is 0.712. The number of benzene rings is 1. The Balaban J connectivity index is 1.67. The van der Waals surface area contributed by atoms with Gasteiger partial charge in [0.15, 0.2) is 0 Å². The molecule has 0 N–H and O–H groups in total. The molecule has 1 aromatic rings. The van der Waals surface area contributed by atoms with E-state index in [4.69, 9.17) is 0 Å². The van der Waals surface area contributed by atoms with Crippen LogP contribution < -0.4 is 0 Å². The standard InChI is InChI=1S/C17H22FNO/c1-11-7-12(2)10-19(9-11)17(20)15-8-14(15)13-5-3-4-6-16(13)18/h3-6,11-12,14-15H,7-10H2,1-2H3. The zero-order valence-electron chi connectivity index (χ0n) is 12.2. The van der Waals surface area contributed by atoms with Crippen LogP contribution in [-0.2, 0) is 4.79 Å². The van der Waals surface area contributed by atoms with E-state index < -0.39 is 0 Å². The molecule has 0 radical (unpaired) electrons. The van der Waals surface area contributed by atoms with E-state index in [0.717, 1.165) is 19.5 Å². The predicted molar refractivity (Wildman–Crippen MR) is 76.8 cm³/mol. The van der Waals surface area contributed by atoms with Gasteiger partial charge in [0.25, 0.3) is 0 Å². The Hall–Kier alpha value is -1.38. The molecule has 4 unspecified atom stereocenters. The third-order valence-corrected chi connectivity index (χ3v) is 4.59. The van der Waals surface area contributed by atoms with E-state index in [1.807, 2.05) is 17.0 Å². The molecule has 1 amide bonds. The number of hydrogen-bond acceptors (Lipinski definition) is 1. The highest BCUT2D eigenvalue weighted by molar-refractivity contribution is 5.83. The van der Waals surface area contributed by atoms with Crippen LogP contribution in [0.3, 0.4) is 0 Å². The number of hydrogen-bond donors (Lipinski definition) is 0. The van der Waals surface area contributed by atoms with Crippen molar-refractivity contribution in [1.82, 2.24) is 4.90 Å². The van der Waals surface area contributed by atoms with E-state index in [1.165, 1.54) is 12.5 Å². The van der Waals surface area contributed by atoms with Crippen molar-refractivity contribution in [1.29, 1.82) is 0 Å². The van der Waals surface area contributed by atoms with Gasteiger partial charge < -0.3 is 4.90 Å². The second kappa shape index (κ2) is 5.19. The monoisotopic (exact) mass is 275 g/mol. The number of piperidine rings is 1. The van der Waals surface area contributed by atoms with Crippen LogP contribution in [0.1, 0.15) is 38.2 Å². The van der Waals surface area contributed by atoms with Crippen LogP contribution in [-0.4, -0.2) is 23.9 Å². The fourth-order valence-electron chi connectivity index (χ4n) is 3.66. The van der Waals surface area contributed by atoms with Gasteiger partial charge in [-0.1, -0.05) is 32.0 Å². The molecule has 1 saturated heterocycles. The van der Waals surface area contributed by atoms with Crippen molar-refractivity contribution < 1.29 is 9.18 Å². The second-order valence-electron chi connectivity index (χ2n) is 6.66. The summed E-state index contributed by atoms with van der Waals surface area (Å²) in [5.74, 6) is 1.31. The Morgan fingerprint density at radius 1 is 1.15 bits per heavy atom. The summed E-state index contributed by atoms with van der Waals surface area (Å²) in [5, 5.41) is 0. The highest BCUT2D eigenvalue weighted by Gasteiger charge is 2.47. The molecule has 2 nitrogen and oxygen atoms in total. The first-order valence-electron chi connectivity index (χ1n) is 7.59. The normalized spacial score (nSPS) is 33.0. The Labute approximate surface area is 120 Å². The van der Waals surface area contributed by atoms with Crippen molar-refractivity contribution in [2.24, 2.45) is 17.8 Å². The van der Waals surface area contributed by atoms with E-state index in [9.17, 15) is 9.18 Å². The molecule has 1 aromatic carbocycles. The minimum absolute atomic E-state index is 0.00407. The van der Waals surface area contributed by atoms with Crippen molar-refractivity contribution in [3.05, 3.63) is 35.6 Å². The number of carbonyl (C=O) groups excluding carboxylic acids is 1. The van der Waals surface area contributed by atoms with Crippen LogP contribution in [0, 0.1) is 23.6 Å². The molecule has 0 aromatic heterocycles. The van der Waals surface area contributed by atoms with Crippen molar-refractivity contribution in [2.45, 2.75) is 32.6 Å². The van der Waals surface area contributed by atoms with E-state index in [1.54, 1.807) is 6.07 Å². The Morgan fingerprint density at radius 3 is 2.45 bits per heavy atom. The summed E-state index contributed by atoms with van der Waals surface area (Å²) in [6.07, 6.45) is 2.00. The Bertz CT molecular complexity index is 505. The zero-order valence-corrected chi connectivity index (χ0v) is 12.2. The van der Waals surface area contributed by atoms with E-state index in [-0.39, 0.29) is 23.6 Å². The highest BCUT2D eigenvalue weighted by Crippen LogP contribution is 2.49. The lowest BCUT2D eigenvalue weighted by Gasteiger charge is -2.35. The Morgan fingerprint density at radius 2 is 1.80 bits per heavy atom. The number of rotatable bonds is 2. The van der Waals surface area contributed by atoms with E-state index in [0.29, 0.717) is 17.4 Å². The van der Waals surface area contributed by atoms with E-state index in [2.05, 4.69) is 13.8 Å². The fraction of sp³-hybridized carbons (Fsp3) is 0.588. The molecule has 4 atom stereocenters. The first-order valence-corrected chi connectivity index (χ1v) is 7.59. The molecule has 2 fully saturated rings. The molecular formula is C17H22FNO. The number of halogens is 1. The van der Waals surface area contributed by atoms with Gasteiger partial charge in [-0.05, 0) is 42.2 Å². The van der Waals surface area contributed by atoms with Crippen LogP contribution in [0.4, 0.5) is 4.39 Å². The van der Waals surface area contributed by atoms with Crippen LogP contribution in [0.25, 0.3) is 0 Å². The molecule has 1 heterocycles. The fourth-order valence-corrected chi connectivity index (χ4v) is 3.66. The molecule has 0 spiro atoms. The smallest absolute Gasteiger partial charge is 0.226 e. The van der Waals surface area contributed by atoms with Crippen molar-refractivity contribution in [3.8, 4) is 0 Å².